The maximum absolute atomic E-state index is 13.7. The molecule has 0 radical (unpaired) electrons. The summed E-state index contributed by atoms with van der Waals surface area (Å²) in [6.07, 6.45) is 12.0. The van der Waals surface area contributed by atoms with Gasteiger partial charge in [0.05, 0.1) is 12.2 Å². The van der Waals surface area contributed by atoms with Crippen LogP contribution in [0.15, 0.2) is 30.0 Å². The lowest BCUT2D eigenvalue weighted by Crippen LogP contribution is -2.43. The van der Waals surface area contributed by atoms with Crippen LogP contribution in [0.4, 0.5) is 0 Å². The van der Waals surface area contributed by atoms with Gasteiger partial charge in [-0.3, -0.25) is 14.5 Å². The van der Waals surface area contributed by atoms with Crippen LogP contribution in [0.25, 0.3) is 5.57 Å². The molecule has 0 aromatic heterocycles. The van der Waals surface area contributed by atoms with Crippen molar-refractivity contribution in [2.75, 3.05) is 19.7 Å². The molecule has 0 unspecified atom stereocenters. The van der Waals surface area contributed by atoms with Crippen LogP contribution in [-0.2, 0) is 9.59 Å². The molecule has 31 heavy (non-hydrogen) atoms. The summed E-state index contributed by atoms with van der Waals surface area (Å²) < 4.78 is 5.72. The van der Waals surface area contributed by atoms with Crippen LogP contribution in [0, 0.1) is 0 Å². The second-order valence-electron chi connectivity index (χ2n) is 9.12. The Morgan fingerprint density at radius 3 is 2.10 bits per heavy atom. The molecule has 0 atom stereocenters. The molecule has 1 aromatic rings. The van der Waals surface area contributed by atoms with E-state index < -0.39 is 0 Å². The van der Waals surface area contributed by atoms with Crippen LogP contribution in [0.2, 0.25) is 0 Å². The molecule has 0 N–H and O–H groups in total. The Morgan fingerprint density at radius 2 is 1.45 bits per heavy atom. The van der Waals surface area contributed by atoms with E-state index in [1.54, 1.807) is 4.90 Å². The number of rotatable bonds is 6. The van der Waals surface area contributed by atoms with Crippen molar-refractivity contribution in [2.45, 2.75) is 83.6 Å². The number of nitrogens with zero attached hydrogens (tertiary/aromatic N) is 2. The van der Waals surface area contributed by atoms with Gasteiger partial charge >= 0.3 is 0 Å². The molecular formula is C26H36N2O3. The lowest BCUT2D eigenvalue weighted by atomic mass is 9.95. The van der Waals surface area contributed by atoms with Crippen molar-refractivity contribution in [3.63, 3.8) is 0 Å². The standard InChI is InChI=1S/C26H36N2O3/c1-2-19-31-22-15-13-20(14-16-22)23-24(27-17-9-6-10-18-27)26(30)28(25(23)29)21-11-7-4-3-5-8-12-21/h13-16,21H,2-12,17-19H2,1H3. The van der Waals surface area contributed by atoms with Gasteiger partial charge in [-0.15, -0.1) is 0 Å². The number of likely N-dealkylation sites (tertiary alicyclic amines) is 1. The summed E-state index contributed by atoms with van der Waals surface area (Å²) in [7, 11) is 0. The van der Waals surface area contributed by atoms with Crippen molar-refractivity contribution in [3.8, 4) is 5.75 Å². The normalized spacial score (nSPS) is 21.5. The molecule has 1 aliphatic carbocycles. The molecule has 0 bridgehead atoms. The zero-order valence-corrected chi connectivity index (χ0v) is 18.9. The van der Waals surface area contributed by atoms with Crippen molar-refractivity contribution in [1.82, 2.24) is 9.80 Å². The zero-order valence-electron chi connectivity index (χ0n) is 18.9. The maximum atomic E-state index is 13.7. The molecule has 0 spiro atoms. The average Bonchev–Trinajstić information content (AvgIpc) is 3.03. The van der Waals surface area contributed by atoms with Crippen molar-refractivity contribution in [3.05, 3.63) is 35.5 Å². The fourth-order valence-corrected chi connectivity index (χ4v) is 5.17. The van der Waals surface area contributed by atoms with Gasteiger partial charge in [0.15, 0.2) is 0 Å². The molecule has 2 fully saturated rings. The van der Waals surface area contributed by atoms with Crippen molar-refractivity contribution in [1.29, 1.82) is 0 Å². The van der Waals surface area contributed by atoms with E-state index in [2.05, 4.69) is 11.8 Å². The summed E-state index contributed by atoms with van der Waals surface area (Å²) >= 11 is 0. The summed E-state index contributed by atoms with van der Waals surface area (Å²) in [5, 5.41) is 0. The highest BCUT2D eigenvalue weighted by atomic mass is 16.5. The number of ether oxygens (including phenoxy) is 1. The monoisotopic (exact) mass is 424 g/mol. The van der Waals surface area contributed by atoms with E-state index in [1.807, 2.05) is 24.3 Å². The molecule has 2 heterocycles. The quantitative estimate of drug-likeness (QED) is 0.592. The summed E-state index contributed by atoms with van der Waals surface area (Å²) in [5.41, 5.74) is 2.06. The third-order valence-electron chi connectivity index (χ3n) is 6.82. The van der Waals surface area contributed by atoms with E-state index in [-0.39, 0.29) is 17.9 Å². The first-order valence-corrected chi connectivity index (χ1v) is 12.3. The van der Waals surface area contributed by atoms with E-state index in [0.717, 1.165) is 69.3 Å². The highest BCUT2D eigenvalue weighted by molar-refractivity contribution is 6.35. The first kappa shape index (κ1) is 21.9. The molecule has 5 nitrogen and oxygen atoms in total. The lowest BCUT2D eigenvalue weighted by molar-refractivity contribution is -0.140. The van der Waals surface area contributed by atoms with Crippen LogP contribution in [0.5, 0.6) is 5.75 Å². The molecule has 2 aliphatic heterocycles. The Balaban J connectivity index is 1.66. The predicted octanol–water partition coefficient (Wildman–Crippen LogP) is 5.15. The summed E-state index contributed by atoms with van der Waals surface area (Å²) in [5.74, 6) is 0.636. The lowest BCUT2D eigenvalue weighted by Gasteiger charge is -2.31. The van der Waals surface area contributed by atoms with E-state index >= 15 is 0 Å². The first-order valence-electron chi connectivity index (χ1n) is 12.3. The highest BCUT2D eigenvalue weighted by Crippen LogP contribution is 2.37. The van der Waals surface area contributed by atoms with E-state index in [4.69, 9.17) is 4.74 Å². The number of piperidine rings is 1. The van der Waals surface area contributed by atoms with E-state index in [1.165, 1.54) is 25.7 Å². The van der Waals surface area contributed by atoms with E-state index in [0.29, 0.717) is 17.9 Å². The summed E-state index contributed by atoms with van der Waals surface area (Å²) in [6, 6.07) is 7.75. The van der Waals surface area contributed by atoms with Gasteiger partial charge in [0.1, 0.15) is 11.4 Å². The Hall–Kier alpha value is -2.30. The van der Waals surface area contributed by atoms with Gasteiger partial charge in [-0.1, -0.05) is 51.2 Å². The van der Waals surface area contributed by atoms with Crippen molar-refractivity contribution < 1.29 is 14.3 Å². The van der Waals surface area contributed by atoms with Crippen molar-refractivity contribution in [2.24, 2.45) is 0 Å². The number of benzene rings is 1. The second-order valence-corrected chi connectivity index (χ2v) is 9.12. The molecule has 1 aromatic carbocycles. The minimum Gasteiger partial charge on any atom is -0.494 e. The Bertz CT molecular complexity index is 800. The topological polar surface area (TPSA) is 49.9 Å². The van der Waals surface area contributed by atoms with Crippen LogP contribution in [0.1, 0.15) is 83.1 Å². The predicted molar refractivity (Wildman–Crippen MR) is 123 cm³/mol. The fourth-order valence-electron chi connectivity index (χ4n) is 5.17. The fraction of sp³-hybridized carbons (Fsp3) is 0.615. The van der Waals surface area contributed by atoms with Gasteiger partial charge in [0.25, 0.3) is 11.8 Å². The minimum atomic E-state index is -0.0987. The summed E-state index contributed by atoms with van der Waals surface area (Å²) in [4.78, 5) is 31.2. The Morgan fingerprint density at radius 1 is 0.839 bits per heavy atom. The SMILES string of the molecule is CCCOc1ccc(C2=C(N3CCCCC3)C(=O)N(C3CCCCCCC3)C2=O)cc1. The number of hydrogen-bond acceptors (Lipinski definition) is 4. The van der Waals surface area contributed by atoms with Gasteiger partial charge in [0.2, 0.25) is 0 Å². The zero-order chi connectivity index (χ0) is 21.6. The van der Waals surface area contributed by atoms with Gasteiger partial charge in [-0.2, -0.15) is 0 Å². The molecular weight excluding hydrogens is 388 g/mol. The van der Waals surface area contributed by atoms with Gasteiger partial charge in [0, 0.05) is 19.1 Å². The van der Waals surface area contributed by atoms with Gasteiger partial charge in [-0.05, 0) is 56.2 Å². The molecule has 168 valence electrons. The van der Waals surface area contributed by atoms with Crippen LogP contribution in [0.3, 0.4) is 0 Å². The van der Waals surface area contributed by atoms with Gasteiger partial charge < -0.3 is 9.64 Å². The smallest absolute Gasteiger partial charge is 0.278 e. The Labute approximate surface area is 186 Å². The highest BCUT2D eigenvalue weighted by Gasteiger charge is 2.44. The van der Waals surface area contributed by atoms with Crippen LogP contribution in [-0.4, -0.2) is 47.4 Å². The average molecular weight is 425 g/mol. The third-order valence-corrected chi connectivity index (χ3v) is 6.82. The molecule has 2 amide bonds. The van der Waals surface area contributed by atoms with Crippen LogP contribution >= 0.6 is 0 Å². The number of hydrogen-bond donors (Lipinski definition) is 0. The third kappa shape index (κ3) is 4.81. The van der Waals surface area contributed by atoms with E-state index in [9.17, 15) is 9.59 Å². The van der Waals surface area contributed by atoms with Crippen LogP contribution < -0.4 is 4.74 Å². The minimum absolute atomic E-state index is 0.0322. The summed E-state index contributed by atoms with van der Waals surface area (Å²) in [6.45, 7) is 4.47. The molecule has 1 saturated heterocycles. The first-order chi connectivity index (χ1) is 15.2. The number of amides is 2. The number of carbonyl (C=O) groups excluding carboxylic acids is 2. The second kappa shape index (κ2) is 10.3. The van der Waals surface area contributed by atoms with Crippen molar-refractivity contribution >= 4 is 17.4 Å². The maximum Gasteiger partial charge on any atom is 0.278 e. The largest absolute Gasteiger partial charge is 0.494 e. The number of carbonyl (C=O) groups is 2. The molecule has 5 heteroatoms. The van der Waals surface area contributed by atoms with Gasteiger partial charge in [-0.25, -0.2) is 0 Å². The Kier molecular flexibility index (Phi) is 7.31. The molecule has 3 aliphatic rings. The molecule has 4 rings (SSSR count). The molecule has 1 saturated carbocycles. The number of imide groups is 1.